The molecule has 0 bridgehead atoms. The predicted octanol–water partition coefficient (Wildman–Crippen LogP) is 17.7. The second-order valence-corrected chi connectivity index (χ2v) is 19.0. The van der Waals surface area contributed by atoms with E-state index in [4.69, 9.17) is 0 Å². The zero-order valence-electron chi connectivity index (χ0n) is 37.8. The van der Waals surface area contributed by atoms with Crippen LogP contribution < -0.4 is 9.80 Å². The highest BCUT2D eigenvalue weighted by Gasteiger charge is 2.46. The molecule has 0 N–H and O–H groups in total. The molecular weight excluding hydrogens is 797 g/mol. The van der Waals surface area contributed by atoms with Gasteiger partial charge in [-0.1, -0.05) is 204 Å². The molecule has 10 aromatic rings. The van der Waals surface area contributed by atoms with Crippen LogP contribution in [0, 0.1) is 0 Å². The van der Waals surface area contributed by atoms with Crippen molar-refractivity contribution in [3.8, 4) is 44.5 Å². The first-order valence-electron chi connectivity index (χ1n) is 23.2. The van der Waals surface area contributed by atoms with Crippen LogP contribution in [0.5, 0.6) is 0 Å². The van der Waals surface area contributed by atoms with Gasteiger partial charge in [0.05, 0.1) is 22.7 Å². The Balaban J connectivity index is 1.01. The lowest BCUT2D eigenvalue weighted by Gasteiger charge is -2.50. The summed E-state index contributed by atoms with van der Waals surface area (Å²) in [5, 5.41) is 2.43. The van der Waals surface area contributed by atoms with E-state index < -0.39 is 0 Å². The van der Waals surface area contributed by atoms with Gasteiger partial charge in [-0.25, -0.2) is 0 Å². The first-order valence-corrected chi connectivity index (χ1v) is 23.2. The molecule has 2 heterocycles. The summed E-state index contributed by atoms with van der Waals surface area (Å²) in [6.45, 7) is 9.67. The minimum absolute atomic E-state index is 0.275. The summed E-state index contributed by atoms with van der Waals surface area (Å²) in [6.07, 6.45) is 0. The minimum Gasteiger partial charge on any atom is -0.310 e. The summed E-state index contributed by atoms with van der Waals surface area (Å²) in [4.78, 5) is 5.01. The Morgan fingerprint density at radius 2 is 0.712 bits per heavy atom. The number of fused-ring (bicyclic) bond motifs is 5. The van der Waals surface area contributed by atoms with E-state index in [1.807, 2.05) is 0 Å². The van der Waals surface area contributed by atoms with Gasteiger partial charge in [-0.3, -0.25) is 0 Å². The van der Waals surface area contributed by atoms with Gasteiger partial charge in [0.2, 0.25) is 0 Å². The quantitative estimate of drug-likeness (QED) is 0.158. The standard InChI is InChI=1S/C64H50N2/c1-63(2)55-37-31-49(44-19-10-6-11-20-44)41-60(55)66-61-42-50(45-21-12-7-13-22-45)32-38-56(61)64(3,4)58-40-51(39-57(63)62(58)66)47-29-35-53(36-30-47)65(59-26-16-24-48-23-14-15-25-54(48)59)52-33-27-46(28-34-52)43-17-8-5-9-18-43/h5-42H,1-4H3. The number of hydrogen-bond acceptors (Lipinski definition) is 2. The van der Waals surface area contributed by atoms with Gasteiger partial charge in [0.1, 0.15) is 0 Å². The Morgan fingerprint density at radius 1 is 0.318 bits per heavy atom. The van der Waals surface area contributed by atoms with Crippen molar-refractivity contribution in [2.24, 2.45) is 0 Å². The van der Waals surface area contributed by atoms with Crippen molar-refractivity contribution in [2.45, 2.75) is 38.5 Å². The van der Waals surface area contributed by atoms with Crippen LogP contribution in [0.15, 0.2) is 231 Å². The number of hydrogen-bond donors (Lipinski definition) is 0. The summed E-state index contributed by atoms with van der Waals surface area (Å²) in [7, 11) is 0. The molecule has 0 aromatic heterocycles. The Labute approximate surface area is 388 Å². The first-order chi connectivity index (χ1) is 32.2. The monoisotopic (exact) mass is 846 g/mol. The molecule has 0 amide bonds. The highest BCUT2D eigenvalue weighted by molar-refractivity contribution is 6.00. The van der Waals surface area contributed by atoms with Crippen LogP contribution in [0.25, 0.3) is 55.3 Å². The molecule has 0 unspecified atom stereocenters. The van der Waals surface area contributed by atoms with Crippen LogP contribution in [-0.4, -0.2) is 0 Å². The van der Waals surface area contributed by atoms with Gasteiger partial charge in [0, 0.05) is 27.6 Å². The fraction of sp³-hybridized carbons (Fsp3) is 0.0938. The van der Waals surface area contributed by atoms with Crippen molar-refractivity contribution in [3.05, 3.63) is 253 Å². The maximum Gasteiger partial charge on any atom is 0.0544 e. The maximum absolute atomic E-state index is 2.60. The van der Waals surface area contributed by atoms with Crippen LogP contribution >= 0.6 is 0 Å². The Hall–Kier alpha value is -7.94. The van der Waals surface area contributed by atoms with E-state index in [1.54, 1.807) is 0 Å². The van der Waals surface area contributed by atoms with E-state index in [-0.39, 0.29) is 10.8 Å². The molecule has 10 aromatic carbocycles. The van der Waals surface area contributed by atoms with Crippen LogP contribution in [0.2, 0.25) is 0 Å². The van der Waals surface area contributed by atoms with Gasteiger partial charge in [-0.05, 0) is 127 Å². The molecule has 2 nitrogen and oxygen atoms in total. The topological polar surface area (TPSA) is 6.48 Å². The minimum atomic E-state index is -0.275. The van der Waals surface area contributed by atoms with Crippen LogP contribution in [0.4, 0.5) is 34.1 Å². The molecule has 0 fully saturated rings. The maximum atomic E-state index is 2.60. The lowest BCUT2D eigenvalue weighted by Crippen LogP contribution is -2.38. The van der Waals surface area contributed by atoms with Gasteiger partial charge in [0.15, 0.2) is 0 Å². The van der Waals surface area contributed by atoms with Crippen molar-refractivity contribution in [1.29, 1.82) is 0 Å². The molecule has 2 aliphatic heterocycles. The summed E-state index contributed by atoms with van der Waals surface area (Å²) < 4.78 is 0. The lowest BCUT2D eigenvalue weighted by molar-refractivity contribution is 0.598. The van der Waals surface area contributed by atoms with Gasteiger partial charge in [0.25, 0.3) is 0 Å². The van der Waals surface area contributed by atoms with Crippen LogP contribution in [-0.2, 0) is 10.8 Å². The molecule has 0 radical (unpaired) electrons. The molecule has 0 aliphatic carbocycles. The second-order valence-electron chi connectivity index (χ2n) is 19.0. The summed E-state index contributed by atoms with van der Waals surface area (Å²) in [6, 6.07) is 85.0. The van der Waals surface area contributed by atoms with Crippen molar-refractivity contribution >= 4 is 44.9 Å². The SMILES string of the molecule is CC1(C)c2ccc(-c3ccccc3)cc2N2c3cc(-c4ccccc4)ccc3C(C)(C)c3cc(-c4ccc(N(c5ccc(-c6ccccc6)cc5)c5cccc6ccccc56)cc4)cc1c32. The summed E-state index contributed by atoms with van der Waals surface area (Å²) in [5.74, 6) is 0. The molecule has 0 saturated carbocycles. The Bertz CT molecular complexity index is 3310. The Kier molecular flexibility index (Phi) is 9.22. The van der Waals surface area contributed by atoms with Gasteiger partial charge in [-0.15, -0.1) is 0 Å². The smallest absolute Gasteiger partial charge is 0.0544 e. The van der Waals surface area contributed by atoms with Crippen molar-refractivity contribution in [3.63, 3.8) is 0 Å². The molecule has 0 saturated heterocycles. The fourth-order valence-corrected chi connectivity index (χ4v) is 10.8. The fourth-order valence-electron chi connectivity index (χ4n) is 10.8. The average Bonchev–Trinajstić information content (AvgIpc) is 3.37. The van der Waals surface area contributed by atoms with E-state index >= 15 is 0 Å². The largest absolute Gasteiger partial charge is 0.310 e. The van der Waals surface area contributed by atoms with Crippen LogP contribution in [0.1, 0.15) is 49.9 Å². The molecular formula is C64H50N2. The highest BCUT2D eigenvalue weighted by Crippen LogP contribution is 2.61. The third-order valence-corrected chi connectivity index (χ3v) is 14.4. The Morgan fingerprint density at radius 3 is 1.21 bits per heavy atom. The first kappa shape index (κ1) is 39.6. The van der Waals surface area contributed by atoms with E-state index in [1.165, 1.54) is 94.6 Å². The lowest BCUT2D eigenvalue weighted by atomic mass is 9.65. The predicted molar refractivity (Wildman–Crippen MR) is 279 cm³/mol. The molecule has 316 valence electrons. The zero-order chi connectivity index (χ0) is 44.6. The highest BCUT2D eigenvalue weighted by atomic mass is 15.2. The zero-order valence-corrected chi connectivity index (χ0v) is 37.8. The number of nitrogens with zero attached hydrogens (tertiary/aromatic N) is 2. The van der Waals surface area contributed by atoms with Crippen molar-refractivity contribution in [1.82, 2.24) is 0 Å². The van der Waals surface area contributed by atoms with Crippen molar-refractivity contribution in [2.75, 3.05) is 9.80 Å². The van der Waals surface area contributed by atoms with Gasteiger partial charge >= 0.3 is 0 Å². The summed E-state index contributed by atoms with van der Waals surface area (Å²) in [5.41, 5.74) is 21.7. The molecule has 2 aliphatic rings. The number of anilines is 6. The molecule has 0 atom stereocenters. The van der Waals surface area contributed by atoms with E-state index in [0.29, 0.717) is 0 Å². The third-order valence-electron chi connectivity index (χ3n) is 14.4. The van der Waals surface area contributed by atoms with E-state index in [9.17, 15) is 0 Å². The van der Waals surface area contributed by atoms with E-state index in [0.717, 1.165) is 17.1 Å². The number of rotatable bonds is 7. The molecule has 2 heteroatoms. The van der Waals surface area contributed by atoms with Crippen molar-refractivity contribution < 1.29 is 0 Å². The van der Waals surface area contributed by atoms with Gasteiger partial charge < -0.3 is 9.80 Å². The molecule has 12 rings (SSSR count). The van der Waals surface area contributed by atoms with Crippen LogP contribution in [0.3, 0.4) is 0 Å². The molecule has 0 spiro atoms. The number of benzene rings is 10. The third kappa shape index (κ3) is 6.39. The van der Waals surface area contributed by atoms with E-state index in [2.05, 4.69) is 268 Å². The second kappa shape index (κ2) is 15.4. The normalized spacial score (nSPS) is 14.0. The summed E-state index contributed by atoms with van der Waals surface area (Å²) >= 11 is 0. The average molecular weight is 847 g/mol. The van der Waals surface area contributed by atoms with Gasteiger partial charge in [-0.2, -0.15) is 0 Å². The molecule has 66 heavy (non-hydrogen) atoms.